The Bertz CT molecular complexity index is 986. The van der Waals surface area contributed by atoms with Crippen LogP contribution >= 0.6 is 15.9 Å². The summed E-state index contributed by atoms with van der Waals surface area (Å²) in [6, 6.07) is 9.43. The Hall–Kier alpha value is -2.88. The van der Waals surface area contributed by atoms with E-state index in [1.807, 2.05) is 0 Å². The molecule has 2 N–H and O–H groups in total. The molecule has 0 aliphatic carbocycles. The van der Waals surface area contributed by atoms with Crippen molar-refractivity contribution in [3.63, 3.8) is 0 Å². The highest BCUT2D eigenvalue weighted by Crippen LogP contribution is 2.30. The fourth-order valence-electron chi connectivity index (χ4n) is 2.38. The minimum absolute atomic E-state index is 0.00538. The molecule has 0 fully saturated rings. The summed E-state index contributed by atoms with van der Waals surface area (Å²) in [5.41, 5.74) is -0.0689. The Morgan fingerprint density at radius 3 is 2.50 bits per heavy atom. The molecule has 0 aliphatic rings. The van der Waals surface area contributed by atoms with E-state index in [1.165, 1.54) is 28.9 Å². The molecule has 3 aromatic rings. The van der Waals surface area contributed by atoms with Crippen molar-refractivity contribution in [3.05, 3.63) is 76.1 Å². The summed E-state index contributed by atoms with van der Waals surface area (Å²) in [5.74, 6) is -0.161. The van der Waals surface area contributed by atoms with Gasteiger partial charge in [-0.1, -0.05) is 18.2 Å². The molecular weight excluding hydrogens is 444 g/mol. The van der Waals surface area contributed by atoms with E-state index in [0.717, 1.165) is 17.7 Å². The minimum Gasteiger partial charge on any atom is -0.308 e. The van der Waals surface area contributed by atoms with E-state index in [2.05, 4.69) is 31.7 Å². The lowest BCUT2D eigenvalue weighted by molar-refractivity contribution is -0.137. The van der Waals surface area contributed by atoms with Crippen molar-refractivity contribution in [3.8, 4) is 0 Å². The first kappa shape index (κ1) is 19.9. The summed E-state index contributed by atoms with van der Waals surface area (Å²) >= 11 is 3.26. The van der Waals surface area contributed by atoms with Gasteiger partial charge in [-0.05, 0) is 51.8 Å². The van der Waals surface area contributed by atoms with Crippen LogP contribution in [-0.2, 0) is 12.7 Å². The minimum atomic E-state index is -4.50. The lowest BCUT2D eigenvalue weighted by Gasteiger charge is -2.10. The molecule has 1 aromatic heterocycles. The van der Waals surface area contributed by atoms with Crippen LogP contribution in [0.1, 0.15) is 11.1 Å². The van der Waals surface area contributed by atoms with Gasteiger partial charge >= 0.3 is 12.2 Å². The Morgan fingerprint density at radius 2 is 1.82 bits per heavy atom. The van der Waals surface area contributed by atoms with Crippen LogP contribution in [-0.4, -0.2) is 15.8 Å². The second-order valence-corrected chi connectivity index (χ2v) is 6.66. The summed E-state index contributed by atoms with van der Waals surface area (Å²) in [6.07, 6.45) is -2.89. The van der Waals surface area contributed by atoms with Gasteiger partial charge in [0, 0.05) is 11.9 Å². The van der Waals surface area contributed by atoms with Gasteiger partial charge in [0.15, 0.2) is 5.82 Å². The zero-order valence-electron chi connectivity index (χ0n) is 14.1. The predicted octanol–water partition coefficient (Wildman–Crippen LogP) is 5.50. The molecule has 0 aliphatic heterocycles. The number of aromatic nitrogens is 2. The quantitative estimate of drug-likeness (QED) is 0.509. The number of rotatable bonds is 4. The fraction of sp³-hybridized carbons (Fsp3) is 0.111. The number of benzene rings is 2. The van der Waals surface area contributed by atoms with Crippen molar-refractivity contribution in [2.45, 2.75) is 12.7 Å². The van der Waals surface area contributed by atoms with E-state index in [4.69, 9.17) is 0 Å². The first-order chi connectivity index (χ1) is 13.2. The summed E-state index contributed by atoms with van der Waals surface area (Å²) in [7, 11) is 0. The summed E-state index contributed by atoms with van der Waals surface area (Å²) < 4.78 is 53.2. The van der Waals surface area contributed by atoms with Gasteiger partial charge in [-0.15, -0.1) is 0 Å². The molecule has 10 heteroatoms. The first-order valence-electron chi connectivity index (χ1n) is 7.93. The zero-order chi connectivity index (χ0) is 20.3. The highest BCUT2D eigenvalue weighted by molar-refractivity contribution is 9.10. The summed E-state index contributed by atoms with van der Waals surface area (Å²) in [6.45, 7) is 0.343. The molecule has 1 heterocycles. The molecule has 0 saturated carbocycles. The first-order valence-corrected chi connectivity index (χ1v) is 8.73. The molecular formula is C18H13BrF4N4O. The number of carbonyl (C=O) groups is 1. The van der Waals surface area contributed by atoms with Crippen molar-refractivity contribution in [1.29, 1.82) is 0 Å². The van der Waals surface area contributed by atoms with E-state index >= 15 is 0 Å². The molecule has 146 valence electrons. The Balaban J connectivity index is 1.66. The van der Waals surface area contributed by atoms with Gasteiger partial charge < -0.3 is 5.32 Å². The normalized spacial score (nSPS) is 11.3. The molecule has 28 heavy (non-hydrogen) atoms. The van der Waals surface area contributed by atoms with Crippen molar-refractivity contribution < 1.29 is 22.4 Å². The van der Waals surface area contributed by atoms with Gasteiger partial charge in [-0.2, -0.15) is 18.3 Å². The van der Waals surface area contributed by atoms with Crippen LogP contribution in [0.4, 0.5) is 33.9 Å². The van der Waals surface area contributed by atoms with E-state index in [-0.39, 0.29) is 17.3 Å². The van der Waals surface area contributed by atoms with Crippen LogP contribution in [0.5, 0.6) is 0 Å². The highest BCUT2D eigenvalue weighted by Gasteiger charge is 2.30. The van der Waals surface area contributed by atoms with E-state index in [9.17, 15) is 22.4 Å². The van der Waals surface area contributed by atoms with Crippen molar-refractivity contribution in [2.24, 2.45) is 0 Å². The molecule has 0 unspecified atom stereocenters. The number of anilines is 2. The second-order valence-electron chi connectivity index (χ2n) is 5.81. The molecule has 2 amide bonds. The predicted molar refractivity (Wildman–Crippen MR) is 99.5 cm³/mol. The van der Waals surface area contributed by atoms with E-state index in [1.54, 1.807) is 18.3 Å². The smallest absolute Gasteiger partial charge is 0.308 e. The number of hydrogen-bond donors (Lipinski definition) is 2. The van der Waals surface area contributed by atoms with Gasteiger partial charge in [-0.25, -0.2) is 9.18 Å². The summed E-state index contributed by atoms with van der Waals surface area (Å²) in [4.78, 5) is 12.1. The second kappa shape index (κ2) is 8.01. The van der Waals surface area contributed by atoms with Gasteiger partial charge in [-0.3, -0.25) is 10.00 Å². The molecule has 3 rings (SSSR count). The third kappa shape index (κ3) is 5.10. The molecule has 0 spiro atoms. The number of alkyl halides is 3. The lowest BCUT2D eigenvalue weighted by atomic mass is 10.2. The maximum absolute atomic E-state index is 13.0. The maximum atomic E-state index is 13.0. The fourth-order valence-corrected chi connectivity index (χ4v) is 2.80. The Labute approximate surface area is 165 Å². The van der Waals surface area contributed by atoms with E-state index < -0.39 is 17.8 Å². The molecule has 0 saturated heterocycles. The van der Waals surface area contributed by atoms with E-state index in [0.29, 0.717) is 11.0 Å². The highest BCUT2D eigenvalue weighted by atomic mass is 79.9. The van der Waals surface area contributed by atoms with Crippen molar-refractivity contribution >= 4 is 33.5 Å². The van der Waals surface area contributed by atoms with Gasteiger partial charge in [0.25, 0.3) is 0 Å². The SMILES string of the molecule is O=C(Nc1cccc(C(F)(F)F)c1)Nc1nn(Cc2ccc(F)cc2)cc1Br. The molecule has 0 atom stereocenters. The zero-order valence-corrected chi connectivity index (χ0v) is 15.7. The number of nitrogens with one attached hydrogen (secondary N) is 2. The molecule has 0 radical (unpaired) electrons. The number of nitrogens with zero attached hydrogens (tertiary/aromatic N) is 2. The monoisotopic (exact) mass is 456 g/mol. The van der Waals surface area contributed by atoms with Crippen molar-refractivity contribution in [1.82, 2.24) is 9.78 Å². The van der Waals surface area contributed by atoms with Gasteiger partial charge in [0.05, 0.1) is 16.6 Å². The average Bonchev–Trinajstić information content (AvgIpc) is 2.95. The molecule has 5 nitrogen and oxygen atoms in total. The number of carbonyl (C=O) groups excluding carboxylic acids is 1. The summed E-state index contributed by atoms with van der Waals surface area (Å²) in [5, 5.41) is 8.99. The van der Waals surface area contributed by atoms with Crippen LogP contribution in [0.15, 0.2) is 59.2 Å². The van der Waals surface area contributed by atoms with Crippen molar-refractivity contribution in [2.75, 3.05) is 10.6 Å². The molecule has 0 bridgehead atoms. The van der Waals surface area contributed by atoms with Crippen LogP contribution < -0.4 is 10.6 Å². The number of halogens is 5. The standard InChI is InChI=1S/C18H13BrF4N4O/c19-15-10-27(9-11-4-6-13(20)7-5-11)26-16(15)25-17(28)24-14-3-1-2-12(8-14)18(21,22)23/h1-8,10H,9H2,(H2,24,25,26,28). The Kier molecular flexibility index (Phi) is 5.68. The third-order valence-electron chi connectivity index (χ3n) is 3.65. The average molecular weight is 457 g/mol. The molecule has 2 aromatic carbocycles. The third-order valence-corrected chi connectivity index (χ3v) is 4.23. The lowest BCUT2D eigenvalue weighted by Crippen LogP contribution is -2.20. The largest absolute Gasteiger partial charge is 0.416 e. The van der Waals surface area contributed by atoms with Crippen LogP contribution in [0.2, 0.25) is 0 Å². The number of urea groups is 1. The maximum Gasteiger partial charge on any atom is 0.416 e. The van der Waals surface area contributed by atoms with Crippen LogP contribution in [0.25, 0.3) is 0 Å². The number of amides is 2. The van der Waals surface area contributed by atoms with Gasteiger partial charge in [0.2, 0.25) is 0 Å². The number of hydrogen-bond acceptors (Lipinski definition) is 2. The Morgan fingerprint density at radius 1 is 1.11 bits per heavy atom. The van der Waals surface area contributed by atoms with Gasteiger partial charge in [0.1, 0.15) is 5.82 Å². The van der Waals surface area contributed by atoms with Crippen LogP contribution in [0.3, 0.4) is 0 Å². The van der Waals surface area contributed by atoms with Crippen LogP contribution in [0, 0.1) is 5.82 Å². The topological polar surface area (TPSA) is 59.0 Å².